The van der Waals surface area contributed by atoms with Crippen LogP contribution in [0.3, 0.4) is 0 Å². The molecule has 1 aromatic carbocycles. The Morgan fingerprint density at radius 2 is 2.00 bits per heavy atom. The van der Waals surface area contributed by atoms with E-state index in [9.17, 15) is 14.4 Å². The Morgan fingerprint density at radius 3 is 2.62 bits per heavy atom. The first-order valence-corrected chi connectivity index (χ1v) is 6.95. The van der Waals surface area contributed by atoms with E-state index in [1.165, 1.54) is 0 Å². The van der Waals surface area contributed by atoms with Gasteiger partial charge in [-0.15, -0.1) is 0 Å². The highest BCUT2D eigenvalue weighted by atomic mass is 16.2. The van der Waals surface area contributed by atoms with E-state index in [2.05, 4.69) is 10.6 Å². The standard InChI is InChI=1S/C15H17N3O3/c1-10-2-4-11(5-3-10)8-12(19)18-7-6-15(9-18)13(20)16-14(21)17-15/h2-5H,6-9H2,1H3,(H2,16,17,20,21). The Balaban J connectivity index is 1.66. The van der Waals surface area contributed by atoms with E-state index >= 15 is 0 Å². The van der Waals surface area contributed by atoms with Crippen LogP contribution in [-0.4, -0.2) is 41.4 Å². The predicted molar refractivity (Wildman–Crippen MR) is 75.5 cm³/mol. The molecule has 2 aliphatic heterocycles. The molecule has 1 atom stereocenters. The summed E-state index contributed by atoms with van der Waals surface area (Å²) in [6.07, 6.45) is 0.774. The summed E-state index contributed by atoms with van der Waals surface area (Å²) >= 11 is 0. The second-order valence-electron chi connectivity index (χ2n) is 5.72. The molecular formula is C15H17N3O3. The van der Waals surface area contributed by atoms with Gasteiger partial charge >= 0.3 is 6.03 Å². The third kappa shape index (κ3) is 2.49. The third-order valence-corrected chi connectivity index (χ3v) is 4.11. The molecule has 2 N–H and O–H groups in total. The SMILES string of the molecule is Cc1ccc(CC(=O)N2CCC3(C2)NC(=O)NC3=O)cc1. The van der Waals surface area contributed by atoms with Gasteiger partial charge in [0.1, 0.15) is 5.54 Å². The van der Waals surface area contributed by atoms with Crippen molar-refractivity contribution in [3.8, 4) is 0 Å². The fraction of sp³-hybridized carbons (Fsp3) is 0.400. The topological polar surface area (TPSA) is 78.5 Å². The van der Waals surface area contributed by atoms with Gasteiger partial charge in [-0.25, -0.2) is 4.79 Å². The first kappa shape index (κ1) is 13.6. The van der Waals surface area contributed by atoms with E-state index in [1.54, 1.807) is 4.90 Å². The Labute approximate surface area is 122 Å². The van der Waals surface area contributed by atoms with Crippen LogP contribution in [0.4, 0.5) is 4.79 Å². The largest absolute Gasteiger partial charge is 0.339 e. The summed E-state index contributed by atoms with van der Waals surface area (Å²) in [5.74, 6) is -0.359. The number of benzene rings is 1. The molecule has 2 aliphatic rings. The molecule has 21 heavy (non-hydrogen) atoms. The Morgan fingerprint density at radius 1 is 1.29 bits per heavy atom. The van der Waals surface area contributed by atoms with Crippen LogP contribution in [0.5, 0.6) is 0 Å². The summed E-state index contributed by atoms with van der Waals surface area (Å²) in [7, 11) is 0. The lowest BCUT2D eigenvalue weighted by Crippen LogP contribution is -2.49. The average Bonchev–Trinajstić information content (AvgIpc) is 2.97. The van der Waals surface area contributed by atoms with Gasteiger partial charge < -0.3 is 10.2 Å². The van der Waals surface area contributed by atoms with Gasteiger partial charge in [0.15, 0.2) is 0 Å². The van der Waals surface area contributed by atoms with Crippen molar-refractivity contribution in [1.82, 2.24) is 15.5 Å². The van der Waals surface area contributed by atoms with E-state index < -0.39 is 11.6 Å². The number of likely N-dealkylation sites (tertiary alicyclic amines) is 1. The predicted octanol–water partition coefficient (Wildman–Crippen LogP) is 0.348. The minimum atomic E-state index is -0.931. The van der Waals surface area contributed by atoms with Crippen molar-refractivity contribution in [1.29, 1.82) is 0 Å². The lowest BCUT2D eigenvalue weighted by Gasteiger charge is -2.21. The summed E-state index contributed by atoms with van der Waals surface area (Å²) in [5, 5.41) is 4.88. The number of amides is 4. The van der Waals surface area contributed by atoms with Crippen LogP contribution in [0.1, 0.15) is 17.5 Å². The number of nitrogens with one attached hydrogen (secondary N) is 2. The molecule has 110 valence electrons. The zero-order chi connectivity index (χ0) is 15.0. The van der Waals surface area contributed by atoms with Gasteiger partial charge in [0.2, 0.25) is 5.91 Å². The van der Waals surface area contributed by atoms with Crippen molar-refractivity contribution >= 4 is 17.8 Å². The molecule has 1 aromatic rings. The number of imide groups is 1. The van der Waals surface area contributed by atoms with Gasteiger partial charge in [0.05, 0.1) is 13.0 Å². The van der Waals surface area contributed by atoms with Crippen molar-refractivity contribution < 1.29 is 14.4 Å². The van der Waals surface area contributed by atoms with Crippen molar-refractivity contribution in [3.63, 3.8) is 0 Å². The number of urea groups is 1. The summed E-state index contributed by atoms with van der Waals surface area (Å²) in [4.78, 5) is 37.1. The summed E-state index contributed by atoms with van der Waals surface area (Å²) < 4.78 is 0. The number of nitrogens with zero attached hydrogens (tertiary/aromatic N) is 1. The number of hydrogen-bond acceptors (Lipinski definition) is 3. The first-order valence-electron chi connectivity index (χ1n) is 6.95. The van der Waals surface area contributed by atoms with Crippen LogP contribution in [0, 0.1) is 6.92 Å². The van der Waals surface area contributed by atoms with Crippen molar-refractivity contribution in [2.75, 3.05) is 13.1 Å². The van der Waals surface area contributed by atoms with Gasteiger partial charge in [0.25, 0.3) is 5.91 Å². The van der Waals surface area contributed by atoms with E-state index in [4.69, 9.17) is 0 Å². The average molecular weight is 287 g/mol. The van der Waals surface area contributed by atoms with Gasteiger partial charge in [-0.3, -0.25) is 14.9 Å². The first-order chi connectivity index (χ1) is 9.98. The molecule has 0 saturated carbocycles. The second-order valence-corrected chi connectivity index (χ2v) is 5.72. The highest BCUT2D eigenvalue weighted by Gasteiger charge is 2.51. The number of hydrogen-bond donors (Lipinski definition) is 2. The third-order valence-electron chi connectivity index (χ3n) is 4.11. The Bertz CT molecular complexity index is 611. The number of rotatable bonds is 2. The highest BCUT2D eigenvalue weighted by molar-refractivity contribution is 6.07. The number of aryl methyl sites for hydroxylation is 1. The molecule has 1 spiro atoms. The quantitative estimate of drug-likeness (QED) is 0.770. The van der Waals surface area contributed by atoms with Gasteiger partial charge in [-0.2, -0.15) is 0 Å². The second kappa shape index (κ2) is 4.87. The molecule has 2 heterocycles. The normalized spacial score (nSPS) is 24.3. The molecule has 0 bridgehead atoms. The van der Waals surface area contributed by atoms with Crippen molar-refractivity contribution in [3.05, 3.63) is 35.4 Å². The zero-order valence-electron chi connectivity index (χ0n) is 11.8. The van der Waals surface area contributed by atoms with Crippen molar-refractivity contribution in [2.45, 2.75) is 25.3 Å². The molecule has 4 amide bonds. The smallest absolute Gasteiger partial charge is 0.322 e. The summed E-state index contributed by atoms with van der Waals surface area (Å²) in [6, 6.07) is 7.33. The minimum Gasteiger partial charge on any atom is -0.339 e. The monoisotopic (exact) mass is 287 g/mol. The molecule has 2 fully saturated rings. The summed E-state index contributed by atoms with van der Waals surface area (Å²) in [6.45, 7) is 2.73. The lowest BCUT2D eigenvalue weighted by atomic mass is 9.99. The van der Waals surface area contributed by atoms with Crippen LogP contribution in [-0.2, 0) is 16.0 Å². The van der Waals surface area contributed by atoms with E-state index in [0.29, 0.717) is 19.4 Å². The Hall–Kier alpha value is -2.37. The van der Waals surface area contributed by atoms with E-state index in [-0.39, 0.29) is 18.4 Å². The molecule has 0 aliphatic carbocycles. The molecular weight excluding hydrogens is 270 g/mol. The lowest BCUT2D eigenvalue weighted by molar-refractivity contribution is -0.130. The zero-order valence-corrected chi connectivity index (χ0v) is 11.8. The summed E-state index contributed by atoms with van der Waals surface area (Å²) in [5.41, 5.74) is 1.17. The molecule has 6 nitrogen and oxygen atoms in total. The molecule has 0 radical (unpaired) electrons. The number of carbonyl (C=O) groups is 3. The van der Waals surface area contributed by atoms with Crippen LogP contribution < -0.4 is 10.6 Å². The molecule has 3 rings (SSSR count). The maximum Gasteiger partial charge on any atom is 0.322 e. The molecule has 0 aromatic heterocycles. The van der Waals surface area contributed by atoms with Gasteiger partial charge in [0, 0.05) is 6.54 Å². The van der Waals surface area contributed by atoms with Gasteiger partial charge in [-0.1, -0.05) is 29.8 Å². The minimum absolute atomic E-state index is 0.0234. The highest BCUT2D eigenvalue weighted by Crippen LogP contribution is 2.25. The van der Waals surface area contributed by atoms with Crippen LogP contribution in [0.25, 0.3) is 0 Å². The van der Waals surface area contributed by atoms with Crippen molar-refractivity contribution in [2.24, 2.45) is 0 Å². The van der Waals surface area contributed by atoms with Crippen LogP contribution in [0.2, 0.25) is 0 Å². The van der Waals surface area contributed by atoms with Gasteiger partial charge in [-0.05, 0) is 18.9 Å². The van der Waals surface area contributed by atoms with E-state index in [1.807, 2.05) is 31.2 Å². The molecule has 6 heteroatoms. The van der Waals surface area contributed by atoms with Crippen LogP contribution >= 0.6 is 0 Å². The van der Waals surface area contributed by atoms with Crippen LogP contribution in [0.15, 0.2) is 24.3 Å². The molecule has 2 saturated heterocycles. The Kier molecular flexibility index (Phi) is 3.16. The fourth-order valence-corrected chi connectivity index (χ4v) is 2.83. The van der Waals surface area contributed by atoms with E-state index in [0.717, 1.165) is 11.1 Å². The maximum atomic E-state index is 12.3. The maximum absolute atomic E-state index is 12.3. The fourth-order valence-electron chi connectivity index (χ4n) is 2.83. The molecule has 1 unspecified atom stereocenters. The number of carbonyl (C=O) groups excluding carboxylic acids is 3.